The van der Waals surface area contributed by atoms with E-state index in [9.17, 15) is 9.90 Å². The summed E-state index contributed by atoms with van der Waals surface area (Å²) in [5.74, 6) is 0. The Bertz CT molecular complexity index is 1110. The molecule has 2 fully saturated rings. The summed E-state index contributed by atoms with van der Waals surface area (Å²) < 4.78 is 1.60. The lowest BCUT2D eigenvalue weighted by atomic mass is 9.66. The van der Waals surface area contributed by atoms with Crippen LogP contribution < -0.4 is 5.56 Å². The summed E-state index contributed by atoms with van der Waals surface area (Å²) in [5, 5.41) is 11.9. The van der Waals surface area contributed by atoms with E-state index in [-0.39, 0.29) is 11.0 Å². The van der Waals surface area contributed by atoms with Gasteiger partial charge in [0.25, 0.3) is 5.56 Å². The van der Waals surface area contributed by atoms with Gasteiger partial charge in [-0.25, -0.2) is 4.98 Å². The molecule has 1 unspecified atom stereocenters. The molecule has 0 amide bonds. The van der Waals surface area contributed by atoms with E-state index in [4.69, 9.17) is 0 Å². The van der Waals surface area contributed by atoms with Crippen LogP contribution in [0.15, 0.2) is 72.0 Å². The van der Waals surface area contributed by atoms with E-state index in [1.165, 1.54) is 5.56 Å². The molecule has 5 rings (SSSR count). The highest BCUT2D eigenvalue weighted by Crippen LogP contribution is 2.51. The van der Waals surface area contributed by atoms with E-state index in [0.717, 1.165) is 50.9 Å². The number of pyridine rings is 1. The van der Waals surface area contributed by atoms with Crippen molar-refractivity contribution in [2.45, 2.75) is 50.8 Å². The third-order valence-corrected chi connectivity index (χ3v) is 7.43. The molecule has 1 spiro atoms. The van der Waals surface area contributed by atoms with Gasteiger partial charge in [0.1, 0.15) is 0 Å². The quantitative estimate of drug-likeness (QED) is 0.671. The fraction of sp³-hybridized carbons (Fsp3) is 0.423. The Labute approximate surface area is 188 Å². The molecule has 3 aromatic rings. The summed E-state index contributed by atoms with van der Waals surface area (Å²) in [7, 11) is 0. The SMILES string of the molecule is O=c1cc(-c2ccccc2)ncn1CC1(O)CCN(Cc2cccnc2)CC12CCCC2. The van der Waals surface area contributed by atoms with Crippen LogP contribution >= 0.6 is 0 Å². The lowest BCUT2D eigenvalue weighted by Crippen LogP contribution is -2.61. The van der Waals surface area contributed by atoms with Crippen molar-refractivity contribution in [2.75, 3.05) is 13.1 Å². The zero-order valence-corrected chi connectivity index (χ0v) is 18.4. The third kappa shape index (κ3) is 4.00. The molecule has 166 valence electrons. The number of rotatable bonds is 5. The molecule has 2 aromatic heterocycles. The molecule has 6 heteroatoms. The lowest BCUT2D eigenvalue weighted by Gasteiger charge is -2.52. The maximum atomic E-state index is 12.9. The van der Waals surface area contributed by atoms with Gasteiger partial charge in [0.15, 0.2) is 0 Å². The van der Waals surface area contributed by atoms with Crippen molar-refractivity contribution in [3.8, 4) is 11.3 Å². The number of nitrogens with zero attached hydrogens (tertiary/aromatic N) is 4. The molecule has 1 saturated carbocycles. The Hall–Kier alpha value is -2.83. The molecular weight excluding hydrogens is 400 g/mol. The molecule has 1 saturated heterocycles. The zero-order chi connectivity index (χ0) is 22.0. The van der Waals surface area contributed by atoms with Gasteiger partial charge in [0.05, 0.1) is 24.2 Å². The molecule has 32 heavy (non-hydrogen) atoms. The van der Waals surface area contributed by atoms with E-state index in [2.05, 4.69) is 20.9 Å². The molecule has 6 nitrogen and oxygen atoms in total. The van der Waals surface area contributed by atoms with Crippen molar-refractivity contribution < 1.29 is 5.11 Å². The van der Waals surface area contributed by atoms with Crippen LogP contribution in [0.5, 0.6) is 0 Å². The van der Waals surface area contributed by atoms with Crippen LogP contribution in [0.3, 0.4) is 0 Å². The molecular formula is C26H30N4O2. The minimum absolute atomic E-state index is 0.113. The Kier molecular flexibility index (Phi) is 5.66. The van der Waals surface area contributed by atoms with Gasteiger partial charge >= 0.3 is 0 Å². The molecule has 0 bridgehead atoms. The first-order valence-corrected chi connectivity index (χ1v) is 11.5. The number of aliphatic hydroxyl groups is 1. The fourth-order valence-electron chi connectivity index (χ4n) is 5.66. The molecule has 1 atom stereocenters. The molecule has 0 radical (unpaired) electrons. The summed E-state index contributed by atoms with van der Waals surface area (Å²) in [6.07, 6.45) is 10.2. The van der Waals surface area contributed by atoms with Crippen molar-refractivity contribution >= 4 is 0 Å². The van der Waals surface area contributed by atoms with Crippen molar-refractivity contribution in [3.05, 3.63) is 83.2 Å². The molecule has 1 aliphatic heterocycles. The lowest BCUT2D eigenvalue weighted by molar-refractivity contribution is -0.144. The predicted octanol–water partition coefficient (Wildman–Crippen LogP) is 3.50. The second-order valence-electron chi connectivity index (χ2n) is 9.45. The highest BCUT2D eigenvalue weighted by atomic mass is 16.3. The highest BCUT2D eigenvalue weighted by molar-refractivity contribution is 5.57. The van der Waals surface area contributed by atoms with E-state index < -0.39 is 5.60 Å². The smallest absolute Gasteiger partial charge is 0.253 e. The van der Waals surface area contributed by atoms with Gasteiger partial charge < -0.3 is 5.11 Å². The van der Waals surface area contributed by atoms with Crippen LogP contribution in [-0.2, 0) is 13.1 Å². The molecule has 1 aromatic carbocycles. The van der Waals surface area contributed by atoms with Gasteiger partial charge in [-0.05, 0) is 30.9 Å². The third-order valence-electron chi connectivity index (χ3n) is 7.43. The van der Waals surface area contributed by atoms with Crippen LogP contribution in [0.1, 0.15) is 37.7 Å². The summed E-state index contributed by atoms with van der Waals surface area (Å²) in [6, 6.07) is 15.4. The number of hydrogen-bond acceptors (Lipinski definition) is 5. The van der Waals surface area contributed by atoms with E-state index in [0.29, 0.717) is 18.7 Å². The summed E-state index contributed by atoms with van der Waals surface area (Å²) in [6.45, 7) is 2.80. The summed E-state index contributed by atoms with van der Waals surface area (Å²) in [5.41, 5.74) is 1.58. The Morgan fingerprint density at radius 2 is 1.84 bits per heavy atom. The van der Waals surface area contributed by atoms with Crippen LogP contribution in [-0.4, -0.2) is 43.2 Å². The zero-order valence-electron chi connectivity index (χ0n) is 18.4. The van der Waals surface area contributed by atoms with Crippen LogP contribution in [0.25, 0.3) is 11.3 Å². The summed E-state index contributed by atoms with van der Waals surface area (Å²) >= 11 is 0. The first-order valence-electron chi connectivity index (χ1n) is 11.5. The number of hydrogen-bond donors (Lipinski definition) is 1. The normalized spacial score (nSPS) is 22.9. The van der Waals surface area contributed by atoms with Crippen LogP contribution in [0, 0.1) is 5.41 Å². The first-order chi connectivity index (χ1) is 15.6. The van der Waals surface area contributed by atoms with Crippen molar-refractivity contribution in [2.24, 2.45) is 5.41 Å². The Balaban J connectivity index is 1.37. The summed E-state index contributed by atoms with van der Waals surface area (Å²) in [4.78, 5) is 24.1. The molecule has 2 aliphatic rings. The van der Waals surface area contributed by atoms with Gasteiger partial charge in [0.2, 0.25) is 0 Å². The standard InChI is InChI=1S/C26H30N4O2/c31-24-15-23(22-8-2-1-3-9-22)28-20-30(24)19-26(32)12-14-29(17-21-7-6-13-27-16-21)18-25(26)10-4-5-11-25/h1-3,6-9,13,15-16,20,32H,4-5,10-12,14,17-19H2. The number of aromatic nitrogens is 3. The Morgan fingerprint density at radius 1 is 1.03 bits per heavy atom. The minimum Gasteiger partial charge on any atom is -0.387 e. The van der Waals surface area contributed by atoms with Gasteiger partial charge in [-0.15, -0.1) is 0 Å². The maximum absolute atomic E-state index is 12.9. The number of piperidine rings is 1. The fourth-order valence-corrected chi connectivity index (χ4v) is 5.66. The van der Waals surface area contributed by atoms with E-state index in [1.54, 1.807) is 23.2 Å². The largest absolute Gasteiger partial charge is 0.387 e. The Morgan fingerprint density at radius 3 is 2.56 bits per heavy atom. The maximum Gasteiger partial charge on any atom is 0.253 e. The van der Waals surface area contributed by atoms with Gasteiger partial charge in [-0.1, -0.05) is 49.2 Å². The van der Waals surface area contributed by atoms with E-state index in [1.807, 2.05) is 42.6 Å². The number of benzene rings is 1. The number of likely N-dealkylation sites (tertiary alicyclic amines) is 1. The topological polar surface area (TPSA) is 71.2 Å². The van der Waals surface area contributed by atoms with Gasteiger partial charge in [-0.2, -0.15) is 0 Å². The second kappa shape index (κ2) is 8.60. The molecule has 1 aliphatic carbocycles. The van der Waals surface area contributed by atoms with Crippen LogP contribution in [0.4, 0.5) is 0 Å². The highest BCUT2D eigenvalue weighted by Gasteiger charge is 2.54. The van der Waals surface area contributed by atoms with Gasteiger partial charge in [0, 0.05) is 49.1 Å². The molecule has 1 N–H and O–H groups in total. The van der Waals surface area contributed by atoms with Gasteiger partial charge in [-0.3, -0.25) is 19.2 Å². The monoisotopic (exact) mass is 430 g/mol. The predicted molar refractivity (Wildman–Crippen MR) is 124 cm³/mol. The van der Waals surface area contributed by atoms with Crippen molar-refractivity contribution in [3.63, 3.8) is 0 Å². The van der Waals surface area contributed by atoms with Crippen molar-refractivity contribution in [1.29, 1.82) is 0 Å². The molecule has 3 heterocycles. The second-order valence-corrected chi connectivity index (χ2v) is 9.45. The van der Waals surface area contributed by atoms with Crippen LogP contribution in [0.2, 0.25) is 0 Å². The average molecular weight is 431 g/mol. The minimum atomic E-state index is -0.908. The van der Waals surface area contributed by atoms with E-state index >= 15 is 0 Å². The first kappa shape index (κ1) is 21.0. The average Bonchev–Trinajstić information content (AvgIpc) is 3.29. The van der Waals surface area contributed by atoms with Crippen molar-refractivity contribution in [1.82, 2.24) is 19.4 Å².